The second-order valence-corrected chi connectivity index (χ2v) is 8.07. The molecule has 1 aliphatic heterocycles. The average molecular weight is 476 g/mol. The van der Waals surface area contributed by atoms with Gasteiger partial charge in [-0.15, -0.1) is 4.91 Å². The number of pyridine rings is 1. The fraction of sp³-hybridized carbons (Fsp3) is 0.200. The van der Waals surface area contributed by atoms with Crippen molar-refractivity contribution in [2.75, 3.05) is 13.3 Å². The molecule has 35 heavy (non-hydrogen) atoms. The Morgan fingerprint density at radius 2 is 2.11 bits per heavy atom. The zero-order valence-electron chi connectivity index (χ0n) is 18.5. The second kappa shape index (κ2) is 9.51. The average Bonchev–Trinajstić information content (AvgIpc) is 3.14. The number of nitrogens with one attached hydrogen (secondary N) is 1. The van der Waals surface area contributed by atoms with Crippen LogP contribution in [-0.4, -0.2) is 33.9 Å². The summed E-state index contributed by atoms with van der Waals surface area (Å²) in [6.45, 7) is 0.593. The number of rotatable bonds is 7. The van der Waals surface area contributed by atoms with Crippen LogP contribution in [0.25, 0.3) is 10.9 Å². The number of aromatic hydroxyl groups is 1. The Labute approximate surface area is 199 Å². The Balaban J connectivity index is 1.46. The Bertz CT molecular complexity index is 1420. The number of hydrogen-bond donors (Lipinski definition) is 2. The molecule has 10 heteroatoms. The first-order valence-corrected chi connectivity index (χ1v) is 10.9. The Hall–Kier alpha value is -4.31. The van der Waals surface area contributed by atoms with Crippen molar-refractivity contribution < 1.29 is 23.8 Å². The fourth-order valence-electron chi connectivity index (χ4n) is 4.21. The van der Waals surface area contributed by atoms with E-state index in [1.54, 1.807) is 24.4 Å². The van der Waals surface area contributed by atoms with E-state index >= 15 is 0 Å². The minimum Gasteiger partial charge on any atom is -0.493 e. The maximum atomic E-state index is 14.2. The molecule has 1 aliphatic rings. The molecule has 178 valence electrons. The van der Waals surface area contributed by atoms with Crippen molar-refractivity contribution in [1.29, 1.82) is 0 Å². The zero-order chi connectivity index (χ0) is 24.4. The summed E-state index contributed by atoms with van der Waals surface area (Å²) in [6, 6.07) is 12.9. The molecule has 0 bridgehead atoms. The highest BCUT2D eigenvalue weighted by atomic mass is 19.1. The molecule has 1 amide bonds. The number of amides is 1. The summed E-state index contributed by atoms with van der Waals surface area (Å²) < 4.78 is 26.4. The molecule has 0 aliphatic carbocycles. The van der Waals surface area contributed by atoms with E-state index in [0.717, 1.165) is 5.69 Å². The van der Waals surface area contributed by atoms with Gasteiger partial charge in [-0.05, 0) is 47.6 Å². The van der Waals surface area contributed by atoms with Gasteiger partial charge in [-0.1, -0.05) is 6.07 Å². The molecular formula is C25H21FN4O5. The lowest BCUT2D eigenvalue weighted by Gasteiger charge is -2.21. The lowest BCUT2D eigenvalue weighted by Crippen LogP contribution is -2.25. The third-order valence-electron chi connectivity index (χ3n) is 5.84. The summed E-state index contributed by atoms with van der Waals surface area (Å²) in [7, 11) is 0. The Morgan fingerprint density at radius 1 is 1.23 bits per heavy atom. The SMILES string of the molecule is O=Nc1c(O)n(Cc2cc(F)cc3c2OCOC3)c2cc(C(=O)NCCc3ccccn3)ccc12. The number of hydrogen-bond acceptors (Lipinski definition) is 7. The number of nitrogens with zero attached hydrogens (tertiary/aromatic N) is 3. The third-order valence-corrected chi connectivity index (χ3v) is 5.84. The Morgan fingerprint density at radius 3 is 2.91 bits per heavy atom. The number of carbonyl (C=O) groups excluding carboxylic acids is 1. The van der Waals surface area contributed by atoms with E-state index in [1.807, 2.05) is 18.2 Å². The van der Waals surface area contributed by atoms with Gasteiger partial charge in [0.05, 0.1) is 18.7 Å². The smallest absolute Gasteiger partial charge is 0.251 e. The standard InChI is InChI=1S/C25H21FN4O5/c26-18-9-16(23-17(10-18)13-34-14-35-23)12-30-21-11-15(4-5-20(21)22(29-33)25(30)32)24(31)28-8-6-19-3-1-2-7-27-19/h1-5,7,9-11,32H,6,8,12-14H2,(H,28,31). The number of nitroso groups, excluding NO2 is 1. The van der Waals surface area contributed by atoms with Crippen LogP contribution in [0, 0.1) is 10.7 Å². The maximum Gasteiger partial charge on any atom is 0.251 e. The topological polar surface area (TPSA) is 115 Å². The number of ether oxygens (including phenoxy) is 2. The molecule has 0 fully saturated rings. The molecule has 2 aromatic carbocycles. The van der Waals surface area contributed by atoms with E-state index in [2.05, 4.69) is 15.5 Å². The van der Waals surface area contributed by atoms with Gasteiger partial charge < -0.3 is 24.5 Å². The van der Waals surface area contributed by atoms with Crippen LogP contribution in [0.15, 0.2) is 59.9 Å². The van der Waals surface area contributed by atoms with Crippen molar-refractivity contribution >= 4 is 22.5 Å². The van der Waals surface area contributed by atoms with Gasteiger partial charge in [0.1, 0.15) is 11.6 Å². The largest absolute Gasteiger partial charge is 0.493 e. The summed E-state index contributed by atoms with van der Waals surface area (Å²) in [5.41, 5.74) is 2.44. The summed E-state index contributed by atoms with van der Waals surface area (Å²) in [5, 5.41) is 16.9. The van der Waals surface area contributed by atoms with Crippen LogP contribution >= 0.6 is 0 Å². The fourth-order valence-corrected chi connectivity index (χ4v) is 4.21. The summed E-state index contributed by atoms with van der Waals surface area (Å²) >= 11 is 0. The minimum atomic E-state index is -0.481. The quantitative estimate of drug-likeness (QED) is 0.387. The molecule has 9 nitrogen and oxygen atoms in total. The van der Waals surface area contributed by atoms with Gasteiger partial charge in [0.2, 0.25) is 5.88 Å². The minimum absolute atomic E-state index is 0.0112. The molecule has 0 radical (unpaired) electrons. The van der Waals surface area contributed by atoms with Crippen LogP contribution in [-0.2, 0) is 24.3 Å². The van der Waals surface area contributed by atoms with E-state index in [9.17, 15) is 19.2 Å². The van der Waals surface area contributed by atoms with Gasteiger partial charge in [0, 0.05) is 46.9 Å². The predicted molar refractivity (Wildman–Crippen MR) is 125 cm³/mol. The predicted octanol–water partition coefficient (Wildman–Crippen LogP) is 4.17. The summed E-state index contributed by atoms with van der Waals surface area (Å²) in [5.74, 6) is -0.722. The molecular weight excluding hydrogens is 455 g/mol. The summed E-state index contributed by atoms with van der Waals surface area (Å²) in [4.78, 5) is 28.5. The highest BCUT2D eigenvalue weighted by molar-refractivity contribution is 6.02. The van der Waals surface area contributed by atoms with E-state index in [0.29, 0.717) is 46.3 Å². The first kappa shape index (κ1) is 22.5. The highest BCUT2D eigenvalue weighted by Gasteiger charge is 2.23. The number of benzene rings is 2. The van der Waals surface area contributed by atoms with Crippen molar-refractivity contribution in [2.24, 2.45) is 5.18 Å². The van der Waals surface area contributed by atoms with Crippen molar-refractivity contribution in [3.05, 3.63) is 87.8 Å². The van der Waals surface area contributed by atoms with Gasteiger partial charge in [-0.3, -0.25) is 9.78 Å². The second-order valence-electron chi connectivity index (χ2n) is 8.07. The lowest BCUT2D eigenvalue weighted by atomic mass is 10.1. The molecule has 0 saturated heterocycles. The molecule has 3 heterocycles. The molecule has 0 unspecified atom stereocenters. The van der Waals surface area contributed by atoms with Gasteiger partial charge in [-0.25, -0.2) is 4.39 Å². The van der Waals surface area contributed by atoms with Crippen molar-refractivity contribution in [3.63, 3.8) is 0 Å². The Kier molecular flexibility index (Phi) is 6.11. The molecule has 2 aromatic heterocycles. The van der Waals surface area contributed by atoms with Crippen molar-refractivity contribution in [2.45, 2.75) is 19.6 Å². The number of halogens is 1. The summed E-state index contributed by atoms with van der Waals surface area (Å²) in [6.07, 6.45) is 2.26. The highest BCUT2D eigenvalue weighted by Crippen LogP contribution is 2.40. The van der Waals surface area contributed by atoms with Crippen LogP contribution < -0.4 is 10.1 Å². The maximum absolute atomic E-state index is 14.2. The van der Waals surface area contributed by atoms with Crippen LogP contribution in [0.3, 0.4) is 0 Å². The zero-order valence-corrected chi connectivity index (χ0v) is 18.5. The molecule has 0 saturated carbocycles. The van der Waals surface area contributed by atoms with Gasteiger partial charge in [0.25, 0.3) is 5.91 Å². The van der Waals surface area contributed by atoms with Gasteiger partial charge >= 0.3 is 0 Å². The lowest BCUT2D eigenvalue weighted by molar-refractivity contribution is -0.0173. The molecule has 2 N–H and O–H groups in total. The van der Waals surface area contributed by atoms with Gasteiger partial charge in [0.15, 0.2) is 12.5 Å². The van der Waals surface area contributed by atoms with Gasteiger partial charge in [-0.2, -0.15) is 0 Å². The first-order chi connectivity index (χ1) is 17.0. The van der Waals surface area contributed by atoms with Crippen LogP contribution in [0.4, 0.5) is 10.1 Å². The molecule has 0 atom stereocenters. The van der Waals surface area contributed by atoms with Crippen molar-refractivity contribution in [3.8, 4) is 11.6 Å². The van der Waals surface area contributed by atoms with Crippen molar-refractivity contribution in [1.82, 2.24) is 14.9 Å². The number of fused-ring (bicyclic) bond motifs is 2. The normalized spacial score (nSPS) is 12.7. The molecule has 4 aromatic rings. The van der Waals surface area contributed by atoms with Crippen LogP contribution in [0.2, 0.25) is 0 Å². The molecule has 0 spiro atoms. The van der Waals surface area contributed by atoms with E-state index in [1.165, 1.54) is 16.7 Å². The van der Waals surface area contributed by atoms with E-state index in [4.69, 9.17) is 9.47 Å². The van der Waals surface area contributed by atoms with Crippen LogP contribution in [0.1, 0.15) is 27.2 Å². The molecule has 5 rings (SSSR count). The van der Waals surface area contributed by atoms with E-state index < -0.39 is 5.82 Å². The van der Waals surface area contributed by atoms with Crippen LogP contribution in [0.5, 0.6) is 11.6 Å². The first-order valence-electron chi connectivity index (χ1n) is 10.9. The third kappa shape index (κ3) is 4.43. The van der Waals surface area contributed by atoms with E-state index in [-0.39, 0.29) is 37.4 Å². The number of aromatic nitrogens is 2. The monoisotopic (exact) mass is 476 g/mol. The number of carbonyl (C=O) groups is 1.